The number of hydrogen-bond donors (Lipinski definition) is 1. The first-order valence-corrected chi connectivity index (χ1v) is 3.99. The number of aromatic nitrogens is 2. The van der Waals surface area contributed by atoms with Crippen molar-refractivity contribution in [2.75, 3.05) is 0 Å². The highest BCUT2D eigenvalue weighted by Crippen LogP contribution is 1.96. The maximum absolute atomic E-state index is 3.21. The molecule has 2 rings (SSSR count). The Kier molecular flexibility index (Phi) is 1.67. The first-order chi connectivity index (χ1) is 5.86. The number of rotatable bonds is 1. The zero-order valence-corrected chi connectivity index (χ0v) is 6.99. The molecule has 0 atom stereocenters. The van der Waals surface area contributed by atoms with E-state index in [1.807, 2.05) is 42.1 Å². The Morgan fingerprint density at radius 2 is 1.83 bits per heavy atom. The Labute approximate surface area is 71.5 Å². The van der Waals surface area contributed by atoms with Crippen LogP contribution in [0.25, 0.3) is 5.69 Å². The summed E-state index contributed by atoms with van der Waals surface area (Å²) in [7, 11) is 0. The number of aromatic amines is 1. The highest BCUT2D eigenvalue weighted by atomic mass is 15.3. The van der Waals surface area contributed by atoms with E-state index in [9.17, 15) is 0 Å². The van der Waals surface area contributed by atoms with Crippen molar-refractivity contribution in [3.8, 4) is 5.69 Å². The van der Waals surface area contributed by atoms with Crippen LogP contribution in [0.4, 0.5) is 0 Å². The third-order valence-electron chi connectivity index (χ3n) is 1.80. The topological polar surface area (TPSA) is 19.7 Å². The zero-order valence-electron chi connectivity index (χ0n) is 6.99. The van der Waals surface area contributed by atoms with E-state index in [1.54, 1.807) is 0 Å². The van der Waals surface area contributed by atoms with Gasteiger partial charge in [-0.15, -0.1) is 0 Å². The van der Waals surface area contributed by atoms with Gasteiger partial charge < -0.3 is 0 Å². The Balaban J connectivity index is 2.45. The van der Waals surface area contributed by atoms with Crippen molar-refractivity contribution in [1.29, 1.82) is 0 Å². The smallest absolute Gasteiger partial charge is 0.164 e. The molecule has 12 heavy (non-hydrogen) atoms. The summed E-state index contributed by atoms with van der Waals surface area (Å²) >= 11 is 0. The summed E-state index contributed by atoms with van der Waals surface area (Å²) in [6.07, 6.45) is 2.02. The molecule has 60 valence electrons. The zero-order chi connectivity index (χ0) is 8.39. The van der Waals surface area contributed by atoms with Crippen LogP contribution in [-0.2, 0) is 0 Å². The summed E-state index contributed by atoms with van der Waals surface area (Å²) in [6.45, 7) is 2.04. The van der Waals surface area contributed by atoms with Gasteiger partial charge in [0.1, 0.15) is 0 Å². The minimum atomic E-state index is 1.16. The SMILES string of the molecule is Cc1cc[n+](-c2ccccc2)[nH]1. The van der Waals surface area contributed by atoms with E-state index in [0.29, 0.717) is 0 Å². The second-order valence-corrected chi connectivity index (χ2v) is 2.82. The van der Waals surface area contributed by atoms with Crippen molar-refractivity contribution in [3.63, 3.8) is 0 Å². The second-order valence-electron chi connectivity index (χ2n) is 2.82. The summed E-state index contributed by atoms with van der Waals surface area (Å²) in [4.78, 5) is 0. The van der Waals surface area contributed by atoms with Crippen LogP contribution in [0.3, 0.4) is 0 Å². The Morgan fingerprint density at radius 3 is 2.42 bits per heavy atom. The Bertz CT molecular complexity index is 362. The van der Waals surface area contributed by atoms with Gasteiger partial charge in [-0.05, 0) is 6.92 Å². The predicted octanol–water partition coefficient (Wildman–Crippen LogP) is 1.60. The van der Waals surface area contributed by atoms with Crippen molar-refractivity contribution in [3.05, 3.63) is 48.3 Å². The van der Waals surface area contributed by atoms with Gasteiger partial charge in [0.15, 0.2) is 0 Å². The fourth-order valence-corrected chi connectivity index (χ4v) is 1.19. The molecule has 1 aromatic heterocycles. The molecule has 0 unspecified atom stereocenters. The number of nitrogens with zero attached hydrogens (tertiary/aromatic N) is 1. The predicted molar refractivity (Wildman–Crippen MR) is 47.1 cm³/mol. The Hall–Kier alpha value is -1.57. The van der Waals surface area contributed by atoms with E-state index < -0.39 is 0 Å². The lowest BCUT2D eigenvalue weighted by Gasteiger charge is -1.88. The van der Waals surface area contributed by atoms with Crippen LogP contribution < -0.4 is 4.68 Å². The van der Waals surface area contributed by atoms with Gasteiger partial charge in [0.05, 0.1) is 5.69 Å². The second kappa shape index (κ2) is 2.81. The number of H-pyrrole nitrogens is 1. The van der Waals surface area contributed by atoms with Crippen LogP contribution >= 0.6 is 0 Å². The molecule has 1 aromatic carbocycles. The normalized spacial score (nSPS) is 10.1. The standard InChI is InChI=1S/C10H10N2/c1-9-7-8-12(11-9)10-5-3-2-4-6-10/h2-8H,1H3/p+1. The lowest BCUT2D eigenvalue weighted by Crippen LogP contribution is -2.31. The average molecular weight is 159 g/mol. The lowest BCUT2D eigenvalue weighted by molar-refractivity contribution is -0.655. The Morgan fingerprint density at radius 1 is 1.08 bits per heavy atom. The van der Waals surface area contributed by atoms with Gasteiger partial charge in [0, 0.05) is 18.2 Å². The molecule has 0 aliphatic rings. The molecule has 0 saturated carbocycles. The third kappa shape index (κ3) is 1.23. The van der Waals surface area contributed by atoms with Crippen LogP contribution in [0.1, 0.15) is 5.69 Å². The van der Waals surface area contributed by atoms with Gasteiger partial charge in [0.25, 0.3) is 0 Å². The molecule has 2 heteroatoms. The fraction of sp³-hybridized carbons (Fsp3) is 0.100. The molecular weight excluding hydrogens is 148 g/mol. The summed E-state index contributed by atoms with van der Waals surface area (Å²) in [5.74, 6) is 0. The van der Waals surface area contributed by atoms with Crippen LogP contribution in [0.2, 0.25) is 0 Å². The monoisotopic (exact) mass is 159 g/mol. The molecule has 0 aliphatic carbocycles. The van der Waals surface area contributed by atoms with E-state index in [2.05, 4.69) is 17.2 Å². The summed E-state index contributed by atoms with van der Waals surface area (Å²) in [5, 5.41) is 3.21. The van der Waals surface area contributed by atoms with Gasteiger partial charge in [0.2, 0.25) is 11.9 Å². The minimum absolute atomic E-state index is 1.16. The van der Waals surface area contributed by atoms with Crippen LogP contribution in [-0.4, -0.2) is 5.10 Å². The van der Waals surface area contributed by atoms with Crippen LogP contribution in [0.15, 0.2) is 42.6 Å². The summed E-state index contributed by atoms with van der Waals surface area (Å²) in [5.41, 5.74) is 2.32. The van der Waals surface area contributed by atoms with Gasteiger partial charge in [-0.1, -0.05) is 22.9 Å². The van der Waals surface area contributed by atoms with Crippen molar-refractivity contribution < 1.29 is 4.68 Å². The van der Waals surface area contributed by atoms with Crippen molar-refractivity contribution >= 4 is 0 Å². The van der Waals surface area contributed by atoms with E-state index in [1.165, 1.54) is 5.69 Å². The molecular formula is C10H11N2+. The highest BCUT2D eigenvalue weighted by molar-refractivity contribution is 5.20. The maximum Gasteiger partial charge on any atom is 0.235 e. The molecule has 1 heterocycles. The molecule has 0 bridgehead atoms. The lowest BCUT2D eigenvalue weighted by atomic mass is 10.3. The highest BCUT2D eigenvalue weighted by Gasteiger charge is 2.04. The number of benzene rings is 1. The molecule has 0 saturated heterocycles. The molecule has 0 radical (unpaired) electrons. The van der Waals surface area contributed by atoms with Gasteiger partial charge in [-0.2, -0.15) is 5.10 Å². The molecule has 0 aliphatic heterocycles. The largest absolute Gasteiger partial charge is 0.235 e. The number of aryl methyl sites for hydroxylation is 1. The molecule has 1 N–H and O–H groups in total. The maximum atomic E-state index is 3.21. The van der Waals surface area contributed by atoms with Crippen molar-refractivity contribution in [2.24, 2.45) is 0 Å². The van der Waals surface area contributed by atoms with Gasteiger partial charge in [-0.25, -0.2) is 0 Å². The molecule has 2 aromatic rings. The minimum Gasteiger partial charge on any atom is -0.164 e. The van der Waals surface area contributed by atoms with Crippen LogP contribution in [0.5, 0.6) is 0 Å². The average Bonchev–Trinajstić information content (AvgIpc) is 2.54. The molecule has 0 fully saturated rings. The van der Waals surface area contributed by atoms with E-state index >= 15 is 0 Å². The molecule has 2 nitrogen and oxygen atoms in total. The van der Waals surface area contributed by atoms with Crippen molar-refractivity contribution in [2.45, 2.75) is 6.92 Å². The van der Waals surface area contributed by atoms with E-state index in [-0.39, 0.29) is 0 Å². The first-order valence-electron chi connectivity index (χ1n) is 3.99. The van der Waals surface area contributed by atoms with E-state index in [0.717, 1.165) is 5.69 Å². The first kappa shape index (κ1) is 7.10. The van der Waals surface area contributed by atoms with E-state index in [4.69, 9.17) is 0 Å². The van der Waals surface area contributed by atoms with Gasteiger partial charge in [-0.3, -0.25) is 0 Å². The van der Waals surface area contributed by atoms with Crippen LogP contribution in [0, 0.1) is 6.92 Å². The van der Waals surface area contributed by atoms with Gasteiger partial charge >= 0.3 is 0 Å². The number of para-hydroxylation sites is 1. The molecule has 0 amide bonds. The molecule has 0 spiro atoms. The summed E-state index contributed by atoms with van der Waals surface area (Å²) in [6, 6.07) is 12.2. The third-order valence-corrected chi connectivity index (χ3v) is 1.80. The quantitative estimate of drug-likeness (QED) is 0.610. The summed E-state index contributed by atoms with van der Waals surface area (Å²) < 4.78 is 2.00. The number of nitrogens with one attached hydrogen (secondary N) is 1. The van der Waals surface area contributed by atoms with Crippen molar-refractivity contribution in [1.82, 2.24) is 5.10 Å². The number of hydrogen-bond acceptors (Lipinski definition) is 0. The fourth-order valence-electron chi connectivity index (χ4n) is 1.19.